The number of hydrogen-bond acceptors (Lipinski definition) is 3. The molecule has 5 heteroatoms. The maximum atomic E-state index is 5.37. The van der Waals surface area contributed by atoms with Gasteiger partial charge in [-0.15, -0.1) is 10.2 Å². The fraction of sp³-hybridized carbons (Fsp3) is 0.455. The van der Waals surface area contributed by atoms with E-state index in [1.165, 1.54) is 0 Å². The smallest absolute Gasteiger partial charge is 0.160 e. The summed E-state index contributed by atoms with van der Waals surface area (Å²) in [6, 6.07) is 3.96. The molecule has 0 bridgehead atoms. The fourth-order valence-corrected chi connectivity index (χ4v) is 2.45. The summed E-state index contributed by atoms with van der Waals surface area (Å²) >= 11 is 3.47. The van der Waals surface area contributed by atoms with E-state index in [4.69, 9.17) is 4.74 Å². The number of halogens is 1. The SMILES string of the molecule is Brc1ccc2nnc(C3CCOCC3)n2c1. The van der Waals surface area contributed by atoms with Crippen LogP contribution in [0.25, 0.3) is 5.65 Å². The molecule has 0 spiro atoms. The number of ether oxygens (including phenoxy) is 1. The zero-order valence-corrected chi connectivity index (χ0v) is 10.4. The molecule has 0 radical (unpaired) electrons. The van der Waals surface area contributed by atoms with Crippen LogP contribution >= 0.6 is 15.9 Å². The number of rotatable bonds is 1. The van der Waals surface area contributed by atoms with E-state index < -0.39 is 0 Å². The summed E-state index contributed by atoms with van der Waals surface area (Å²) in [5.41, 5.74) is 0.907. The molecule has 1 aliphatic rings. The van der Waals surface area contributed by atoms with Gasteiger partial charge in [-0.1, -0.05) is 0 Å². The average Bonchev–Trinajstić information content (AvgIpc) is 2.73. The van der Waals surface area contributed by atoms with Crippen molar-refractivity contribution in [1.82, 2.24) is 14.6 Å². The third-order valence-electron chi connectivity index (χ3n) is 2.98. The lowest BCUT2D eigenvalue weighted by atomic mass is 10.00. The Kier molecular flexibility index (Phi) is 2.65. The molecule has 1 fully saturated rings. The van der Waals surface area contributed by atoms with Gasteiger partial charge in [-0.05, 0) is 40.9 Å². The fourth-order valence-electron chi connectivity index (χ4n) is 2.12. The lowest BCUT2D eigenvalue weighted by molar-refractivity contribution is 0.0834. The highest BCUT2D eigenvalue weighted by atomic mass is 79.9. The minimum absolute atomic E-state index is 0.470. The van der Waals surface area contributed by atoms with Crippen LogP contribution in [0, 0.1) is 0 Å². The predicted molar refractivity (Wildman–Crippen MR) is 63.5 cm³/mol. The van der Waals surface area contributed by atoms with Gasteiger partial charge in [0, 0.05) is 29.8 Å². The monoisotopic (exact) mass is 281 g/mol. The molecule has 3 heterocycles. The first-order valence-corrected chi connectivity index (χ1v) is 6.22. The Balaban J connectivity index is 2.05. The molecule has 1 saturated heterocycles. The Morgan fingerprint density at radius 3 is 2.88 bits per heavy atom. The Labute approximate surface area is 102 Å². The lowest BCUT2D eigenvalue weighted by Gasteiger charge is -2.20. The molecule has 16 heavy (non-hydrogen) atoms. The van der Waals surface area contributed by atoms with E-state index in [2.05, 4.69) is 30.5 Å². The second-order valence-electron chi connectivity index (χ2n) is 4.02. The van der Waals surface area contributed by atoms with Gasteiger partial charge in [0.25, 0.3) is 0 Å². The molecule has 4 nitrogen and oxygen atoms in total. The molecule has 2 aromatic heterocycles. The third-order valence-corrected chi connectivity index (χ3v) is 3.45. The van der Waals surface area contributed by atoms with E-state index in [0.717, 1.165) is 42.0 Å². The summed E-state index contributed by atoms with van der Waals surface area (Å²) in [6.45, 7) is 1.65. The molecule has 0 aliphatic carbocycles. The van der Waals surface area contributed by atoms with Crippen molar-refractivity contribution in [2.45, 2.75) is 18.8 Å². The number of pyridine rings is 1. The molecule has 0 atom stereocenters. The third kappa shape index (κ3) is 1.74. The van der Waals surface area contributed by atoms with Crippen LogP contribution in [0.3, 0.4) is 0 Å². The highest BCUT2D eigenvalue weighted by Gasteiger charge is 2.20. The standard InChI is InChI=1S/C11H12BrN3O/c12-9-1-2-10-13-14-11(15(10)7-9)8-3-5-16-6-4-8/h1-2,7-8H,3-6H2. The molecule has 1 aliphatic heterocycles. The maximum Gasteiger partial charge on any atom is 0.160 e. The van der Waals surface area contributed by atoms with Crippen molar-refractivity contribution in [1.29, 1.82) is 0 Å². The molecule has 84 valence electrons. The summed E-state index contributed by atoms with van der Waals surface area (Å²) in [6.07, 6.45) is 4.10. The van der Waals surface area contributed by atoms with Crippen molar-refractivity contribution in [3.63, 3.8) is 0 Å². The van der Waals surface area contributed by atoms with Gasteiger partial charge >= 0.3 is 0 Å². The van der Waals surface area contributed by atoms with E-state index in [9.17, 15) is 0 Å². The molecule has 0 aromatic carbocycles. The van der Waals surface area contributed by atoms with Gasteiger partial charge in [-0.3, -0.25) is 4.40 Å². The summed E-state index contributed by atoms with van der Waals surface area (Å²) < 4.78 is 8.49. The van der Waals surface area contributed by atoms with Gasteiger partial charge in [-0.2, -0.15) is 0 Å². The number of nitrogens with zero attached hydrogens (tertiary/aromatic N) is 3. The molecule has 0 N–H and O–H groups in total. The average molecular weight is 282 g/mol. The quantitative estimate of drug-likeness (QED) is 0.806. The first kappa shape index (κ1) is 10.2. The van der Waals surface area contributed by atoms with Crippen molar-refractivity contribution in [3.05, 3.63) is 28.6 Å². The zero-order valence-electron chi connectivity index (χ0n) is 8.77. The van der Waals surface area contributed by atoms with E-state index in [1.54, 1.807) is 0 Å². The van der Waals surface area contributed by atoms with Crippen molar-refractivity contribution < 1.29 is 4.74 Å². The Morgan fingerprint density at radius 2 is 2.06 bits per heavy atom. The van der Waals surface area contributed by atoms with Crippen LogP contribution < -0.4 is 0 Å². The molecule has 0 saturated carbocycles. The van der Waals surface area contributed by atoms with E-state index in [-0.39, 0.29) is 0 Å². The van der Waals surface area contributed by atoms with Crippen molar-refractivity contribution in [2.75, 3.05) is 13.2 Å². The Morgan fingerprint density at radius 1 is 1.25 bits per heavy atom. The predicted octanol–water partition coefficient (Wildman–Crippen LogP) is 2.39. The molecular weight excluding hydrogens is 270 g/mol. The highest BCUT2D eigenvalue weighted by molar-refractivity contribution is 9.10. The molecule has 0 amide bonds. The van der Waals surface area contributed by atoms with Crippen LogP contribution in [-0.4, -0.2) is 27.8 Å². The van der Waals surface area contributed by atoms with Crippen LogP contribution in [0.15, 0.2) is 22.8 Å². The molecule has 0 unspecified atom stereocenters. The number of aromatic nitrogens is 3. The summed E-state index contributed by atoms with van der Waals surface area (Å²) in [5.74, 6) is 1.53. The number of fused-ring (bicyclic) bond motifs is 1. The van der Waals surface area contributed by atoms with Gasteiger partial charge < -0.3 is 4.74 Å². The Bertz CT molecular complexity index is 505. The van der Waals surface area contributed by atoms with Crippen LogP contribution in [0.1, 0.15) is 24.6 Å². The van der Waals surface area contributed by atoms with Crippen LogP contribution in [0.2, 0.25) is 0 Å². The van der Waals surface area contributed by atoms with Gasteiger partial charge in [0.1, 0.15) is 5.82 Å². The maximum absolute atomic E-state index is 5.37. The highest BCUT2D eigenvalue weighted by Crippen LogP contribution is 2.26. The van der Waals surface area contributed by atoms with Crippen molar-refractivity contribution in [2.24, 2.45) is 0 Å². The normalized spacial score (nSPS) is 18.1. The Hall–Kier alpha value is -0.940. The minimum atomic E-state index is 0.470. The largest absolute Gasteiger partial charge is 0.381 e. The van der Waals surface area contributed by atoms with Gasteiger partial charge in [0.05, 0.1) is 0 Å². The van der Waals surface area contributed by atoms with Crippen molar-refractivity contribution in [3.8, 4) is 0 Å². The molecule has 2 aromatic rings. The molecule has 3 rings (SSSR count). The zero-order chi connectivity index (χ0) is 11.0. The van der Waals surface area contributed by atoms with Gasteiger partial charge in [0.2, 0.25) is 0 Å². The summed E-state index contributed by atoms with van der Waals surface area (Å²) in [7, 11) is 0. The van der Waals surface area contributed by atoms with E-state index >= 15 is 0 Å². The van der Waals surface area contributed by atoms with Gasteiger partial charge in [0.15, 0.2) is 5.65 Å². The lowest BCUT2D eigenvalue weighted by Crippen LogP contribution is -2.16. The van der Waals surface area contributed by atoms with E-state index in [1.807, 2.05) is 18.3 Å². The molecular formula is C11H12BrN3O. The number of hydrogen-bond donors (Lipinski definition) is 0. The topological polar surface area (TPSA) is 39.4 Å². The van der Waals surface area contributed by atoms with Gasteiger partial charge in [-0.25, -0.2) is 0 Å². The van der Waals surface area contributed by atoms with Crippen LogP contribution in [-0.2, 0) is 4.74 Å². The first-order chi connectivity index (χ1) is 7.84. The summed E-state index contributed by atoms with van der Waals surface area (Å²) in [4.78, 5) is 0. The second-order valence-corrected chi connectivity index (χ2v) is 4.94. The van der Waals surface area contributed by atoms with E-state index in [0.29, 0.717) is 5.92 Å². The minimum Gasteiger partial charge on any atom is -0.381 e. The van der Waals surface area contributed by atoms with Crippen molar-refractivity contribution >= 4 is 21.6 Å². The first-order valence-electron chi connectivity index (χ1n) is 5.42. The van der Waals surface area contributed by atoms with Crippen LogP contribution in [0.4, 0.5) is 0 Å². The van der Waals surface area contributed by atoms with Crippen LogP contribution in [0.5, 0.6) is 0 Å². The summed E-state index contributed by atoms with van der Waals surface area (Å²) in [5, 5.41) is 8.48. The second kappa shape index (κ2) is 4.14.